The smallest absolute Gasteiger partial charge is 0.347 e. The summed E-state index contributed by atoms with van der Waals surface area (Å²) in [7, 11) is 1.57. The molecule has 1 aromatic heterocycles. The highest BCUT2D eigenvalue weighted by atomic mass is 35.5. The Labute approximate surface area is 159 Å². The number of benzene rings is 2. The van der Waals surface area contributed by atoms with Crippen LogP contribution in [0, 0.1) is 6.92 Å². The van der Waals surface area contributed by atoms with E-state index in [0.717, 1.165) is 16.9 Å². The zero-order valence-corrected chi connectivity index (χ0v) is 15.7. The molecule has 0 aliphatic heterocycles. The van der Waals surface area contributed by atoms with Gasteiger partial charge in [0.25, 0.3) is 0 Å². The van der Waals surface area contributed by atoms with Gasteiger partial charge in [0, 0.05) is 16.7 Å². The highest BCUT2D eigenvalue weighted by molar-refractivity contribution is 7.17. The average molecular weight is 390 g/mol. The second kappa shape index (κ2) is 7.76. The lowest BCUT2D eigenvalue weighted by Crippen LogP contribution is -1.98. The summed E-state index contributed by atoms with van der Waals surface area (Å²) in [5, 5.41) is 10.5. The van der Waals surface area contributed by atoms with Crippen LogP contribution in [0.2, 0.25) is 5.02 Å². The van der Waals surface area contributed by atoms with Crippen molar-refractivity contribution in [3.63, 3.8) is 0 Å². The van der Waals surface area contributed by atoms with Gasteiger partial charge >= 0.3 is 5.97 Å². The number of halogens is 1. The number of thiazole rings is 1. The summed E-state index contributed by atoms with van der Waals surface area (Å²) in [6, 6.07) is 12.8. The third-order valence-corrected chi connectivity index (χ3v) is 5.30. The number of carboxylic acid groups (broad SMARTS) is 1. The van der Waals surface area contributed by atoms with Crippen molar-refractivity contribution in [2.75, 3.05) is 7.11 Å². The first kappa shape index (κ1) is 18.2. The van der Waals surface area contributed by atoms with Gasteiger partial charge < -0.3 is 14.6 Å². The fourth-order valence-electron chi connectivity index (χ4n) is 2.41. The van der Waals surface area contributed by atoms with E-state index in [9.17, 15) is 9.90 Å². The number of rotatable bonds is 6. The lowest BCUT2D eigenvalue weighted by Gasteiger charge is -2.12. The van der Waals surface area contributed by atoms with Crippen LogP contribution >= 0.6 is 22.9 Å². The number of hydrogen-bond acceptors (Lipinski definition) is 5. The van der Waals surface area contributed by atoms with Crippen molar-refractivity contribution < 1.29 is 19.4 Å². The van der Waals surface area contributed by atoms with Crippen molar-refractivity contribution >= 4 is 28.9 Å². The van der Waals surface area contributed by atoms with E-state index in [1.165, 1.54) is 0 Å². The maximum atomic E-state index is 11.3. The van der Waals surface area contributed by atoms with Crippen molar-refractivity contribution in [1.29, 1.82) is 0 Å². The molecular weight excluding hydrogens is 374 g/mol. The topological polar surface area (TPSA) is 68.7 Å². The summed E-state index contributed by atoms with van der Waals surface area (Å²) in [5.41, 5.74) is 2.04. The Kier molecular flexibility index (Phi) is 5.44. The molecule has 3 rings (SSSR count). The van der Waals surface area contributed by atoms with Gasteiger partial charge in [0.05, 0.1) is 18.4 Å². The first-order valence-electron chi connectivity index (χ1n) is 7.75. The molecule has 26 heavy (non-hydrogen) atoms. The fourth-order valence-corrected chi connectivity index (χ4v) is 3.53. The third-order valence-electron chi connectivity index (χ3n) is 3.75. The van der Waals surface area contributed by atoms with Crippen LogP contribution in [0.15, 0.2) is 42.5 Å². The van der Waals surface area contributed by atoms with Crippen molar-refractivity contribution in [2.45, 2.75) is 13.5 Å². The Morgan fingerprint density at radius 3 is 2.69 bits per heavy atom. The first-order chi connectivity index (χ1) is 12.5. The number of hydrogen-bond donors (Lipinski definition) is 1. The van der Waals surface area contributed by atoms with E-state index in [-0.39, 0.29) is 11.5 Å². The summed E-state index contributed by atoms with van der Waals surface area (Å²) in [5.74, 6) is 0.197. The van der Waals surface area contributed by atoms with Crippen LogP contribution in [0.1, 0.15) is 20.9 Å². The summed E-state index contributed by atoms with van der Waals surface area (Å²) in [6.07, 6.45) is 0. The number of aromatic carboxylic acids is 1. The molecule has 7 heteroatoms. The fraction of sp³-hybridized carbons (Fsp3) is 0.158. The monoisotopic (exact) mass is 389 g/mol. The zero-order chi connectivity index (χ0) is 18.7. The van der Waals surface area contributed by atoms with Crippen LogP contribution in [0.4, 0.5) is 0 Å². The van der Waals surface area contributed by atoms with Crippen molar-refractivity contribution in [1.82, 2.24) is 4.98 Å². The highest BCUT2D eigenvalue weighted by Gasteiger charge is 2.18. The second-order valence-electron chi connectivity index (χ2n) is 5.48. The van der Waals surface area contributed by atoms with Gasteiger partial charge in [-0.2, -0.15) is 0 Å². The van der Waals surface area contributed by atoms with Gasteiger partial charge in [-0.3, -0.25) is 0 Å². The summed E-state index contributed by atoms with van der Waals surface area (Å²) in [4.78, 5) is 15.9. The largest absolute Gasteiger partial charge is 0.497 e. The maximum absolute atomic E-state index is 11.3. The molecule has 0 unspecified atom stereocenters. The molecule has 0 saturated heterocycles. The Morgan fingerprint density at radius 2 is 2.04 bits per heavy atom. The number of nitrogens with zero attached hydrogens (tertiary/aromatic N) is 1. The molecule has 0 spiro atoms. The molecule has 0 aliphatic rings. The van der Waals surface area contributed by atoms with E-state index < -0.39 is 5.97 Å². The molecule has 1 heterocycles. The van der Waals surface area contributed by atoms with Crippen molar-refractivity contribution in [2.24, 2.45) is 0 Å². The summed E-state index contributed by atoms with van der Waals surface area (Å²) < 4.78 is 11.2. The lowest BCUT2D eigenvalue weighted by molar-refractivity contribution is 0.0701. The van der Waals surface area contributed by atoms with Gasteiger partial charge in [0.2, 0.25) is 0 Å². The Morgan fingerprint density at radius 1 is 1.27 bits per heavy atom. The zero-order valence-electron chi connectivity index (χ0n) is 14.2. The lowest BCUT2D eigenvalue weighted by atomic mass is 10.2. The number of aromatic nitrogens is 1. The number of carboxylic acids is 1. The molecule has 134 valence electrons. The Balaban J connectivity index is 1.97. The van der Waals surface area contributed by atoms with E-state index in [0.29, 0.717) is 32.8 Å². The maximum Gasteiger partial charge on any atom is 0.347 e. The molecule has 0 atom stereocenters. The van der Waals surface area contributed by atoms with Crippen LogP contribution in [0.25, 0.3) is 10.6 Å². The van der Waals surface area contributed by atoms with Crippen LogP contribution in [0.5, 0.6) is 11.5 Å². The van der Waals surface area contributed by atoms with Gasteiger partial charge in [-0.15, -0.1) is 11.3 Å². The van der Waals surface area contributed by atoms with Crippen molar-refractivity contribution in [3.8, 4) is 22.1 Å². The van der Waals surface area contributed by atoms with Gasteiger partial charge in [-0.1, -0.05) is 29.8 Å². The summed E-state index contributed by atoms with van der Waals surface area (Å²) in [6.45, 7) is 1.95. The first-order valence-corrected chi connectivity index (χ1v) is 8.94. The van der Waals surface area contributed by atoms with Crippen LogP contribution in [0.3, 0.4) is 0 Å². The van der Waals surface area contributed by atoms with Crippen molar-refractivity contribution in [3.05, 3.63) is 63.6 Å². The third kappa shape index (κ3) is 3.81. The normalized spacial score (nSPS) is 10.6. The molecule has 0 bridgehead atoms. The molecule has 0 aliphatic carbocycles. The molecule has 0 saturated carbocycles. The van der Waals surface area contributed by atoms with E-state index in [1.807, 2.05) is 24.3 Å². The molecule has 0 fully saturated rings. The number of methoxy groups -OCH3 is 1. The summed E-state index contributed by atoms with van der Waals surface area (Å²) >= 11 is 7.30. The highest BCUT2D eigenvalue weighted by Crippen LogP contribution is 2.37. The minimum absolute atomic E-state index is 0.216. The predicted molar refractivity (Wildman–Crippen MR) is 102 cm³/mol. The Hall–Kier alpha value is -2.57. The second-order valence-corrected chi connectivity index (χ2v) is 6.89. The van der Waals surface area contributed by atoms with Gasteiger partial charge in [0.15, 0.2) is 0 Å². The quantitative estimate of drug-likeness (QED) is 0.638. The van der Waals surface area contributed by atoms with Gasteiger partial charge in [-0.25, -0.2) is 9.78 Å². The molecule has 1 N–H and O–H groups in total. The average Bonchev–Trinajstić information content (AvgIpc) is 3.02. The predicted octanol–water partition coefficient (Wildman–Crippen LogP) is 5.06. The molecule has 5 nitrogen and oxygen atoms in total. The Bertz CT molecular complexity index is 954. The van der Waals surface area contributed by atoms with Crippen LogP contribution < -0.4 is 9.47 Å². The van der Waals surface area contributed by atoms with Crippen LogP contribution in [-0.4, -0.2) is 23.2 Å². The number of aryl methyl sites for hydroxylation is 1. The minimum Gasteiger partial charge on any atom is -0.497 e. The molecule has 2 aromatic carbocycles. The van der Waals surface area contributed by atoms with Gasteiger partial charge in [-0.05, 0) is 25.1 Å². The van der Waals surface area contributed by atoms with E-state index in [1.54, 1.807) is 32.2 Å². The van der Waals surface area contributed by atoms with Gasteiger partial charge in [0.1, 0.15) is 28.0 Å². The van der Waals surface area contributed by atoms with E-state index >= 15 is 0 Å². The van der Waals surface area contributed by atoms with Crippen LogP contribution in [-0.2, 0) is 6.61 Å². The SMILES string of the molecule is COc1ccc(-c2nc(C)c(C(=O)O)s2)c(OCc2ccccc2Cl)c1. The minimum atomic E-state index is -0.988. The number of ether oxygens (including phenoxy) is 2. The van der Waals surface area contributed by atoms with E-state index in [4.69, 9.17) is 21.1 Å². The molecular formula is C19H16ClNO4S. The molecule has 0 amide bonds. The molecule has 3 aromatic rings. The molecule has 0 radical (unpaired) electrons. The standard InChI is InChI=1S/C19H16ClNO4S/c1-11-17(19(22)23)26-18(21-11)14-8-7-13(24-2)9-16(14)25-10-12-5-3-4-6-15(12)20/h3-9H,10H2,1-2H3,(H,22,23). The van der Waals surface area contributed by atoms with E-state index in [2.05, 4.69) is 4.98 Å². The number of carbonyl (C=O) groups is 1.